The molecule has 0 bridgehead atoms. The highest BCUT2D eigenvalue weighted by Gasteiger charge is 2.03. The monoisotopic (exact) mass is 557 g/mol. The van der Waals surface area contributed by atoms with Gasteiger partial charge in [-0.15, -0.1) is 0 Å². The Morgan fingerprint density at radius 3 is 1.03 bits per heavy atom. The van der Waals surface area contributed by atoms with E-state index in [1.165, 1.54) is 25.7 Å². The molecule has 0 aromatic heterocycles. The molecule has 0 saturated carbocycles. The molecule has 0 fully saturated rings. The zero-order chi connectivity index (χ0) is 28.5. The lowest BCUT2D eigenvalue weighted by Crippen LogP contribution is -2.27. The van der Waals surface area contributed by atoms with E-state index in [4.69, 9.17) is 11.5 Å². The van der Waals surface area contributed by atoms with Crippen molar-refractivity contribution in [3.8, 4) is 0 Å². The van der Waals surface area contributed by atoms with Gasteiger partial charge < -0.3 is 43.4 Å². The van der Waals surface area contributed by atoms with Crippen LogP contribution < -0.4 is 43.4 Å². The van der Waals surface area contributed by atoms with Crippen LogP contribution in [0.1, 0.15) is 96.3 Å². The minimum atomic E-state index is 0.155. The van der Waals surface area contributed by atoms with Crippen LogP contribution in [0, 0.1) is 0 Å². The Hall–Kier alpha value is -1.30. The van der Waals surface area contributed by atoms with Crippen molar-refractivity contribution in [1.29, 1.82) is 0 Å². The Labute approximate surface area is 239 Å². The molecule has 10 N–H and O–H groups in total. The van der Waals surface area contributed by atoms with Gasteiger partial charge in [0, 0.05) is 25.9 Å². The molecule has 2 amide bonds. The molecule has 0 aromatic carbocycles. The van der Waals surface area contributed by atoms with Crippen LogP contribution in [0.15, 0.2) is 0 Å². The van der Waals surface area contributed by atoms with Gasteiger partial charge >= 0.3 is 0 Å². The van der Waals surface area contributed by atoms with Crippen molar-refractivity contribution in [2.45, 2.75) is 96.3 Å². The van der Waals surface area contributed by atoms with Crippen molar-refractivity contribution < 1.29 is 9.59 Å². The molecule has 0 aliphatic carbocycles. The lowest BCUT2D eigenvalue weighted by molar-refractivity contribution is -0.121. The number of carbonyl (C=O) groups excluding carboxylic acids is 2. The minimum absolute atomic E-state index is 0.155. The van der Waals surface area contributed by atoms with E-state index in [1.807, 2.05) is 0 Å². The van der Waals surface area contributed by atoms with Gasteiger partial charge in [-0.25, -0.2) is 0 Å². The van der Waals surface area contributed by atoms with Gasteiger partial charge in [0.05, 0.1) is 0 Å². The summed E-state index contributed by atoms with van der Waals surface area (Å²) in [7, 11) is 0. The molecule has 0 radical (unpaired) electrons. The van der Waals surface area contributed by atoms with Gasteiger partial charge in [-0.05, 0) is 130 Å². The van der Waals surface area contributed by atoms with E-state index in [2.05, 4.69) is 31.9 Å². The molecule has 0 saturated heterocycles. The summed E-state index contributed by atoms with van der Waals surface area (Å²) in [4.78, 5) is 23.9. The summed E-state index contributed by atoms with van der Waals surface area (Å²) in [5, 5.41) is 19.7. The Morgan fingerprint density at radius 2 is 0.667 bits per heavy atom. The topological polar surface area (TPSA) is 158 Å². The zero-order valence-electron chi connectivity index (χ0n) is 25.1. The highest BCUT2D eigenvalue weighted by molar-refractivity contribution is 5.76. The second kappa shape index (κ2) is 32.9. The van der Waals surface area contributed by atoms with Gasteiger partial charge in [-0.3, -0.25) is 9.59 Å². The highest BCUT2D eigenvalue weighted by Crippen LogP contribution is 2.07. The molecular formula is C29H64N8O2. The quantitative estimate of drug-likeness (QED) is 0.0577. The van der Waals surface area contributed by atoms with E-state index < -0.39 is 0 Å². The van der Waals surface area contributed by atoms with Crippen LogP contribution in [0.4, 0.5) is 0 Å². The van der Waals surface area contributed by atoms with Crippen molar-refractivity contribution in [1.82, 2.24) is 31.9 Å². The average molecular weight is 557 g/mol. The van der Waals surface area contributed by atoms with Crippen LogP contribution in [0.2, 0.25) is 0 Å². The van der Waals surface area contributed by atoms with Gasteiger partial charge in [-0.1, -0.05) is 19.3 Å². The second-order valence-corrected chi connectivity index (χ2v) is 10.4. The number of nitrogens with two attached hydrogens (primary N) is 2. The average Bonchev–Trinajstić information content (AvgIpc) is 2.93. The van der Waals surface area contributed by atoms with E-state index in [1.54, 1.807) is 0 Å². The molecule has 0 spiro atoms. The van der Waals surface area contributed by atoms with E-state index in [0.717, 1.165) is 136 Å². The lowest BCUT2D eigenvalue weighted by Gasteiger charge is -2.08. The van der Waals surface area contributed by atoms with E-state index >= 15 is 0 Å². The van der Waals surface area contributed by atoms with Crippen LogP contribution in [0.3, 0.4) is 0 Å². The summed E-state index contributed by atoms with van der Waals surface area (Å²) in [6, 6.07) is 0. The molecule has 232 valence electrons. The zero-order valence-corrected chi connectivity index (χ0v) is 25.1. The smallest absolute Gasteiger partial charge is 0.219 e. The normalized spacial score (nSPS) is 11.1. The Kier molecular flexibility index (Phi) is 31.8. The molecule has 0 unspecified atom stereocenters. The van der Waals surface area contributed by atoms with Gasteiger partial charge in [0.2, 0.25) is 11.8 Å². The number of amides is 2. The van der Waals surface area contributed by atoms with Crippen molar-refractivity contribution in [3.05, 3.63) is 0 Å². The standard InChI is InChI=1S/C29H64N8O2/c30-16-10-22-32-18-6-8-20-34-24-12-26-36-28(38)14-4-2-1-3-5-15-29(39)37-27-13-25-35-21-9-7-19-33-23-11-17-31/h32-35H,1-27,30-31H2,(H,36,38)(H,37,39). The van der Waals surface area contributed by atoms with Crippen molar-refractivity contribution >= 4 is 11.8 Å². The first kappa shape index (κ1) is 37.7. The highest BCUT2D eigenvalue weighted by atomic mass is 16.2. The van der Waals surface area contributed by atoms with Crippen molar-refractivity contribution in [3.63, 3.8) is 0 Å². The predicted molar refractivity (Wildman–Crippen MR) is 165 cm³/mol. The number of unbranched alkanes of at least 4 members (excludes halogenated alkanes) is 6. The second-order valence-electron chi connectivity index (χ2n) is 10.4. The third kappa shape index (κ3) is 32.8. The summed E-state index contributed by atoms with van der Waals surface area (Å²) in [5.74, 6) is 0.311. The summed E-state index contributed by atoms with van der Waals surface area (Å²) >= 11 is 0. The Bertz CT molecular complexity index is 482. The number of carbonyl (C=O) groups is 2. The number of rotatable bonds is 32. The van der Waals surface area contributed by atoms with Gasteiger partial charge in [0.25, 0.3) is 0 Å². The summed E-state index contributed by atoms with van der Waals surface area (Å²) in [6.45, 7) is 11.1. The molecule has 10 nitrogen and oxygen atoms in total. The minimum Gasteiger partial charge on any atom is -0.356 e. The molecule has 0 aliphatic rings. The van der Waals surface area contributed by atoms with Gasteiger partial charge in [0.1, 0.15) is 0 Å². The molecular weight excluding hydrogens is 492 g/mol. The van der Waals surface area contributed by atoms with Gasteiger partial charge in [-0.2, -0.15) is 0 Å². The van der Waals surface area contributed by atoms with Crippen LogP contribution in [-0.4, -0.2) is 90.4 Å². The first-order valence-electron chi connectivity index (χ1n) is 16.0. The van der Waals surface area contributed by atoms with Crippen LogP contribution >= 0.6 is 0 Å². The van der Waals surface area contributed by atoms with E-state index in [0.29, 0.717) is 12.8 Å². The van der Waals surface area contributed by atoms with Crippen LogP contribution in [0.25, 0.3) is 0 Å². The fourth-order valence-electron chi connectivity index (χ4n) is 4.11. The number of nitrogens with one attached hydrogen (secondary N) is 6. The van der Waals surface area contributed by atoms with Crippen molar-refractivity contribution in [2.24, 2.45) is 11.5 Å². The molecule has 0 aliphatic heterocycles. The SMILES string of the molecule is NCCCNCCCCNCCCNC(=O)CCCCCCCC(=O)NCCCNCCCCNCCCN. The first-order chi connectivity index (χ1) is 19.2. The maximum Gasteiger partial charge on any atom is 0.219 e. The fraction of sp³-hybridized carbons (Fsp3) is 0.931. The summed E-state index contributed by atoms with van der Waals surface area (Å²) < 4.78 is 0. The van der Waals surface area contributed by atoms with Crippen molar-refractivity contribution in [2.75, 3.05) is 78.5 Å². The Balaban J connectivity index is 3.25. The van der Waals surface area contributed by atoms with Crippen LogP contribution in [-0.2, 0) is 9.59 Å². The van der Waals surface area contributed by atoms with E-state index in [-0.39, 0.29) is 11.8 Å². The molecule has 0 atom stereocenters. The van der Waals surface area contributed by atoms with E-state index in [9.17, 15) is 9.59 Å². The lowest BCUT2D eigenvalue weighted by atomic mass is 10.1. The van der Waals surface area contributed by atoms with Gasteiger partial charge in [0.15, 0.2) is 0 Å². The molecule has 0 heterocycles. The Morgan fingerprint density at radius 1 is 0.359 bits per heavy atom. The molecule has 0 rings (SSSR count). The summed E-state index contributed by atoms with van der Waals surface area (Å²) in [5.41, 5.74) is 10.9. The maximum atomic E-state index is 12.0. The summed E-state index contributed by atoms with van der Waals surface area (Å²) in [6.07, 6.45) is 14.9. The fourth-order valence-corrected chi connectivity index (χ4v) is 4.11. The third-order valence-electron chi connectivity index (χ3n) is 6.54. The number of hydrogen-bond acceptors (Lipinski definition) is 8. The maximum absolute atomic E-state index is 12.0. The first-order valence-corrected chi connectivity index (χ1v) is 16.0. The van der Waals surface area contributed by atoms with Crippen LogP contribution in [0.5, 0.6) is 0 Å². The molecule has 0 aromatic rings. The molecule has 10 heteroatoms. The third-order valence-corrected chi connectivity index (χ3v) is 6.54. The number of hydrogen-bond donors (Lipinski definition) is 8. The largest absolute Gasteiger partial charge is 0.356 e. The molecule has 39 heavy (non-hydrogen) atoms. The predicted octanol–water partition coefficient (Wildman–Crippen LogP) is 1.35.